The molecular weight excluding hydrogens is 236 g/mol. The topological polar surface area (TPSA) is 51.2 Å². The Hall–Kier alpha value is -1.88. The SMILES string of the molecule is CCOC(=O)Nc1ccc(-c2cccs2)nc1. The van der Waals surface area contributed by atoms with Crippen molar-refractivity contribution in [1.29, 1.82) is 0 Å². The number of hydrogen-bond acceptors (Lipinski definition) is 4. The summed E-state index contributed by atoms with van der Waals surface area (Å²) >= 11 is 1.63. The molecule has 0 fully saturated rings. The van der Waals surface area contributed by atoms with E-state index in [1.165, 1.54) is 0 Å². The summed E-state index contributed by atoms with van der Waals surface area (Å²) < 4.78 is 4.77. The molecule has 0 radical (unpaired) electrons. The van der Waals surface area contributed by atoms with Crippen molar-refractivity contribution in [3.05, 3.63) is 35.8 Å². The lowest BCUT2D eigenvalue weighted by Crippen LogP contribution is -2.13. The first kappa shape index (κ1) is 11.6. The van der Waals surface area contributed by atoms with E-state index in [0.29, 0.717) is 12.3 Å². The summed E-state index contributed by atoms with van der Waals surface area (Å²) in [5.41, 5.74) is 1.53. The maximum Gasteiger partial charge on any atom is 0.411 e. The van der Waals surface area contributed by atoms with Crippen LogP contribution in [0.15, 0.2) is 35.8 Å². The summed E-state index contributed by atoms with van der Waals surface area (Å²) in [6.45, 7) is 2.12. The van der Waals surface area contributed by atoms with Crippen molar-refractivity contribution in [3.63, 3.8) is 0 Å². The number of nitrogens with zero attached hydrogens (tertiary/aromatic N) is 1. The van der Waals surface area contributed by atoms with Gasteiger partial charge in [-0.25, -0.2) is 4.79 Å². The average molecular weight is 248 g/mol. The zero-order valence-corrected chi connectivity index (χ0v) is 10.2. The normalized spacial score (nSPS) is 9.94. The minimum absolute atomic E-state index is 0.354. The Morgan fingerprint density at radius 3 is 2.94 bits per heavy atom. The number of rotatable bonds is 3. The van der Waals surface area contributed by atoms with Crippen LogP contribution in [0.1, 0.15) is 6.92 Å². The van der Waals surface area contributed by atoms with Crippen molar-refractivity contribution in [2.24, 2.45) is 0 Å². The zero-order chi connectivity index (χ0) is 12.1. The zero-order valence-electron chi connectivity index (χ0n) is 9.34. The number of aromatic nitrogens is 1. The number of carbonyl (C=O) groups excluding carboxylic acids is 1. The summed E-state index contributed by atoms with van der Waals surface area (Å²) in [5.74, 6) is 0. The minimum atomic E-state index is -0.460. The quantitative estimate of drug-likeness (QED) is 0.905. The molecule has 2 heterocycles. The van der Waals surface area contributed by atoms with Gasteiger partial charge in [0.25, 0.3) is 0 Å². The lowest BCUT2D eigenvalue weighted by Gasteiger charge is -2.05. The molecule has 0 bridgehead atoms. The van der Waals surface area contributed by atoms with E-state index in [1.54, 1.807) is 30.5 Å². The van der Waals surface area contributed by atoms with Gasteiger partial charge in [-0.15, -0.1) is 11.3 Å². The van der Waals surface area contributed by atoms with Crippen molar-refractivity contribution in [1.82, 2.24) is 4.98 Å². The third-order valence-corrected chi connectivity index (χ3v) is 2.95. The molecule has 1 amide bonds. The molecule has 0 aromatic carbocycles. The number of pyridine rings is 1. The van der Waals surface area contributed by atoms with Gasteiger partial charge in [-0.2, -0.15) is 0 Å². The predicted octanol–water partition coefficient (Wildman–Crippen LogP) is 3.38. The molecule has 2 aromatic heterocycles. The Morgan fingerprint density at radius 2 is 2.35 bits per heavy atom. The van der Waals surface area contributed by atoms with Gasteiger partial charge in [-0.1, -0.05) is 6.07 Å². The molecule has 0 saturated carbocycles. The van der Waals surface area contributed by atoms with Crippen LogP contribution < -0.4 is 5.32 Å². The van der Waals surface area contributed by atoms with Crippen LogP contribution >= 0.6 is 11.3 Å². The van der Waals surface area contributed by atoms with Gasteiger partial charge in [0.15, 0.2) is 0 Å². The summed E-state index contributed by atoms with van der Waals surface area (Å²) in [6.07, 6.45) is 1.16. The fourth-order valence-corrected chi connectivity index (χ4v) is 2.03. The third kappa shape index (κ3) is 3.04. The van der Waals surface area contributed by atoms with Gasteiger partial charge in [-0.05, 0) is 30.5 Å². The second-order valence-electron chi connectivity index (χ2n) is 3.25. The van der Waals surface area contributed by atoms with E-state index in [4.69, 9.17) is 4.74 Å². The van der Waals surface area contributed by atoms with Gasteiger partial charge >= 0.3 is 6.09 Å². The highest BCUT2D eigenvalue weighted by atomic mass is 32.1. The van der Waals surface area contributed by atoms with Gasteiger partial charge < -0.3 is 4.74 Å². The molecule has 17 heavy (non-hydrogen) atoms. The molecule has 0 aliphatic rings. The molecule has 0 saturated heterocycles. The lowest BCUT2D eigenvalue weighted by atomic mass is 10.3. The van der Waals surface area contributed by atoms with Crippen molar-refractivity contribution < 1.29 is 9.53 Å². The predicted molar refractivity (Wildman–Crippen MR) is 68.2 cm³/mol. The molecule has 0 unspecified atom stereocenters. The molecule has 0 spiro atoms. The van der Waals surface area contributed by atoms with E-state index in [2.05, 4.69) is 10.3 Å². The van der Waals surface area contributed by atoms with Crippen molar-refractivity contribution in [2.75, 3.05) is 11.9 Å². The van der Waals surface area contributed by atoms with Crippen LogP contribution in [0.3, 0.4) is 0 Å². The molecule has 2 rings (SSSR count). The Morgan fingerprint density at radius 1 is 1.47 bits per heavy atom. The smallest absolute Gasteiger partial charge is 0.411 e. The Bertz CT molecular complexity index is 480. The van der Waals surface area contributed by atoms with Crippen LogP contribution in [0.4, 0.5) is 10.5 Å². The Kier molecular flexibility index (Phi) is 3.72. The molecule has 0 aliphatic heterocycles. The van der Waals surface area contributed by atoms with Crippen LogP contribution in [-0.4, -0.2) is 17.7 Å². The average Bonchev–Trinajstić information content (AvgIpc) is 2.84. The number of anilines is 1. The van der Waals surface area contributed by atoms with E-state index < -0.39 is 6.09 Å². The van der Waals surface area contributed by atoms with Crippen LogP contribution in [0.2, 0.25) is 0 Å². The largest absolute Gasteiger partial charge is 0.450 e. The first-order chi connectivity index (χ1) is 8.29. The highest BCUT2D eigenvalue weighted by Crippen LogP contribution is 2.23. The van der Waals surface area contributed by atoms with E-state index in [9.17, 15) is 4.79 Å². The second-order valence-corrected chi connectivity index (χ2v) is 4.20. The molecule has 0 atom stereocenters. The number of hydrogen-bond donors (Lipinski definition) is 1. The number of thiophene rings is 1. The summed E-state index contributed by atoms with van der Waals surface area (Å²) in [4.78, 5) is 16.5. The monoisotopic (exact) mass is 248 g/mol. The van der Waals surface area contributed by atoms with Crippen LogP contribution in [-0.2, 0) is 4.74 Å². The maximum absolute atomic E-state index is 11.2. The summed E-state index contributed by atoms with van der Waals surface area (Å²) in [6, 6.07) is 7.66. The van der Waals surface area contributed by atoms with E-state index in [0.717, 1.165) is 10.6 Å². The molecular formula is C12H12N2O2S. The minimum Gasteiger partial charge on any atom is -0.450 e. The van der Waals surface area contributed by atoms with Crippen LogP contribution in [0.25, 0.3) is 10.6 Å². The van der Waals surface area contributed by atoms with Crippen LogP contribution in [0, 0.1) is 0 Å². The molecule has 2 aromatic rings. The number of carbonyl (C=O) groups is 1. The lowest BCUT2D eigenvalue weighted by molar-refractivity contribution is 0.168. The first-order valence-corrected chi connectivity index (χ1v) is 6.11. The number of nitrogens with one attached hydrogen (secondary N) is 1. The van der Waals surface area contributed by atoms with Gasteiger partial charge in [0.2, 0.25) is 0 Å². The van der Waals surface area contributed by atoms with Gasteiger partial charge in [0.05, 0.1) is 29.1 Å². The van der Waals surface area contributed by atoms with Crippen molar-refractivity contribution in [3.8, 4) is 10.6 Å². The van der Waals surface area contributed by atoms with Crippen molar-refractivity contribution >= 4 is 23.1 Å². The third-order valence-electron chi connectivity index (χ3n) is 2.06. The molecule has 1 N–H and O–H groups in total. The van der Waals surface area contributed by atoms with Crippen LogP contribution in [0.5, 0.6) is 0 Å². The summed E-state index contributed by atoms with van der Waals surface area (Å²) in [5, 5.41) is 4.60. The maximum atomic E-state index is 11.2. The molecule has 4 nitrogen and oxygen atoms in total. The molecule has 0 aliphatic carbocycles. The van der Waals surface area contributed by atoms with E-state index in [-0.39, 0.29) is 0 Å². The Labute approximate surface area is 103 Å². The Balaban J connectivity index is 2.06. The standard InChI is InChI=1S/C12H12N2O2S/c1-2-16-12(15)14-9-5-6-10(13-8-9)11-4-3-7-17-11/h3-8H,2H2,1H3,(H,14,15). The second kappa shape index (κ2) is 5.45. The number of ether oxygens (including phenoxy) is 1. The van der Waals surface area contributed by atoms with Gasteiger partial charge in [0.1, 0.15) is 0 Å². The van der Waals surface area contributed by atoms with E-state index >= 15 is 0 Å². The summed E-state index contributed by atoms with van der Waals surface area (Å²) in [7, 11) is 0. The highest BCUT2D eigenvalue weighted by Gasteiger charge is 2.03. The van der Waals surface area contributed by atoms with E-state index in [1.807, 2.05) is 23.6 Å². The molecule has 88 valence electrons. The van der Waals surface area contributed by atoms with Gasteiger partial charge in [-0.3, -0.25) is 10.3 Å². The fourth-order valence-electron chi connectivity index (χ4n) is 1.32. The fraction of sp³-hybridized carbons (Fsp3) is 0.167. The first-order valence-electron chi connectivity index (χ1n) is 5.23. The molecule has 5 heteroatoms. The number of amides is 1. The van der Waals surface area contributed by atoms with Gasteiger partial charge in [0, 0.05) is 0 Å². The van der Waals surface area contributed by atoms with Crippen molar-refractivity contribution in [2.45, 2.75) is 6.92 Å². The highest BCUT2D eigenvalue weighted by molar-refractivity contribution is 7.13.